The lowest BCUT2D eigenvalue weighted by atomic mass is 10.0. The summed E-state index contributed by atoms with van der Waals surface area (Å²) in [5.74, 6) is -1.09. The number of carboxylic acids is 1. The monoisotopic (exact) mass is 326 g/mol. The van der Waals surface area contributed by atoms with E-state index in [1.807, 2.05) is 42.5 Å². The number of aromatic nitrogens is 2. The molecule has 0 amide bonds. The van der Waals surface area contributed by atoms with E-state index in [-0.39, 0.29) is 0 Å². The fourth-order valence-corrected chi connectivity index (χ4v) is 3.31. The Morgan fingerprint density at radius 1 is 1.09 bits per heavy atom. The van der Waals surface area contributed by atoms with Gasteiger partial charge < -0.3 is 9.84 Å². The molecule has 0 radical (unpaired) electrons. The minimum Gasteiger partial charge on any atom is -0.496 e. The van der Waals surface area contributed by atoms with E-state index in [1.165, 1.54) is 11.3 Å². The fraction of sp³-hybridized carbons (Fsp3) is 0.118. The number of nitrogens with zero attached hydrogens (tertiary/aromatic N) is 2. The van der Waals surface area contributed by atoms with Gasteiger partial charge in [0, 0.05) is 0 Å². The van der Waals surface area contributed by atoms with Gasteiger partial charge in [-0.3, -0.25) is 4.79 Å². The summed E-state index contributed by atoms with van der Waals surface area (Å²) in [5, 5.41) is 18.9. The molecular weight excluding hydrogens is 312 g/mol. The van der Waals surface area contributed by atoms with Crippen LogP contribution in [0.4, 0.5) is 0 Å². The Morgan fingerprint density at radius 3 is 2.48 bits per heavy atom. The first-order valence-corrected chi connectivity index (χ1v) is 7.77. The van der Waals surface area contributed by atoms with Gasteiger partial charge in [0.05, 0.1) is 12.7 Å². The Labute approximate surface area is 137 Å². The van der Waals surface area contributed by atoms with Crippen molar-refractivity contribution >= 4 is 17.3 Å². The Hall–Kier alpha value is -2.73. The minimum atomic E-state index is -0.945. The maximum atomic E-state index is 11.7. The van der Waals surface area contributed by atoms with E-state index in [0.29, 0.717) is 21.3 Å². The first-order valence-electron chi connectivity index (χ1n) is 6.95. The Morgan fingerprint density at radius 2 is 1.78 bits per heavy atom. The summed E-state index contributed by atoms with van der Waals surface area (Å²) in [6.45, 7) is 0. The van der Waals surface area contributed by atoms with Gasteiger partial charge in [-0.05, 0) is 17.7 Å². The molecule has 0 saturated heterocycles. The van der Waals surface area contributed by atoms with Crippen LogP contribution in [0.2, 0.25) is 0 Å². The van der Waals surface area contributed by atoms with Gasteiger partial charge in [-0.1, -0.05) is 53.8 Å². The van der Waals surface area contributed by atoms with Crippen LogP contribution in [0.15, 0.2) is 54.6 Å². The first-order chi connectivity index (χ1) is 11.2. The predicted molar refractivity (Wildman–Crippen MR) is 87.8 cm³/mol. The van der Waals surface area contributed by atoms with Crippen LogP contribution in [0.25, 0.3) is 10.6 Å². The highest BCUT2D eigenvalue weighted by Gasteiger charge is 2.26. The maximum Gasteiger partial charge on any atom is 0.318 e. The zero-order valence-electron chi connectivity index (χ0n) is 12.3. The molecule has 3 aromatic rings. The molecule has 0 saturated carbocycles. The summed E-state index contributed by atoms with van der Waals surface area (Å²) in [5.41, 5.74) is 1.48. The molecule has 3 rings (SSSR count). The van der Waals surface area contributed by atoms with E-state index in [4.69, 9.17) is 4.74 Å². The van der Waals surface area contributed by atoms with Crippen LogP contribution in [0.1, 0.15) is 16.5 Å². The normalized spacial score (nSPS) is 11.9. The molecule has 23 heavy (non-hydrogen) atoms. The second-order valence-electron chi connectivity index (χ2n) is 4.83. The number of hydrogen-bond acceptors (Lipinski definition) is 5. The molecule has 0 aliphatic carbocycles. The van der Waals surface area contributed by atoms with Crippen molar-refractivity contribution in [2.24, 2.45) is 0 Å². The average Bonchev–Trinajstić information content (AvgIpc) is 3.05. The van der Waals surface area contributed by atoms with Crippen molar-refractivity contribution in [3.63, 3.8) is 0 Å². The number of aliphatic carboxylic acids is 1. The molecule has 1 aromatic heterocycles. The van der Waals surface area contributed by atoms with Crippen molar-refractivity contribution < 1.29 is 14.6 Å². The van der Waals surface area contributed by atoms with Crippen LogP contribution in [0.3, 0.4) is 0 Å². The number of rotatable bonds is 5. The van der Waals surface area contributed by atoms with Gasteiger partial charge in [-0.2, -0.15) is 0 Å². The SMILES string of the molecule is COc1ccccc1-c1nnc(C(C(=O)O)c2ccccc2)s1. The molecule has 0 bridgehead atoms. The van der Waals surface area contributed by atoms with Gasteiger partial charge in [0.25, 0.3) is 0 Å². The first kappa shape index (κ1) is 15.2. The largest absolute Gasteiger partial charge is 0.496 e. The lowest BCUT2D eigenvalue weighted by molar-refractivity contribution is -0.137. The average molecular weight is 326 g/mol. The summed E-state index contributed by atoms with van der Waals surface area (Å²) in [6, 6.07) is 16.5. The second kappa shape index (κ2) is 6.58. The fourth-order valence-electron chi connectivity index (χ4n) is 2.32. The van der Waals surface area contributed by atoms with Crippen molar-refractivity contribution in [3.05, 3.63) is 65.2 Å². The highest BCUT2D eigenvalue weighted by molar-refractivity contribution is 7.14. The minimum absolute atomic E-state index is 0.449. The van der Waals surface area contributed by atoms with Crippen molar-refractivity contribution in [1.29, 1.82) is 0 Å². The molecule has 116 valence electrons. The van der Waals surface area contributed by atoms with E-state index in [0.717, 1.165) is 5.56 Å². The molecular formula is C17H14N2O3S. The molecule has 0 aliphatic rings. The molecule has 1 N–H and O–H groups in total. The van der Waals surface area contributed by atoms with Crippen LogP contribution < -0.4 is 4.74 Å². The lowest BCUT2D eigenvalue weighted by Gasteiger charge is -2.08. The molecule has 0 aliphatic heterocycles. The third-order valence-electron chi connectivity index (χ3n) is 3.40. The van der Waals surface area contributed by atoms with Crippen molar-refractivity contribution in [3.8, 4) is 16.3 Å². The molecule has 6 heteroatoms. The van der Waals surface area contributed by atoms with Crippen molar-refractivity contribution in [1.82, 2.24) is 10.2 Å². The quantitative estimate of drug-likeness (QED) is 0.777. The van der Waals surface area contributed by atoms with Crippen molar-refractivity contribution in [2.75, 3.05) is 7.11 Å². The van der Waals surface area contributed by atoms with Crippen LogP contribution in [-0.4, -0.2) is 28.4 Å². The second-order valence-corrected chi connectivity index (χ2v) is 5.84. The molecule has 0 fully saturated rings. The van der Waals surface area contributed by atoms with Gasteiger partial charge in [0.2, 0.25) is 0 Å². The van der Waals surface area contributed by atoms with Crippen LogP contribution >= 0.6 is 11.3 Å². The van der Waals surface area contributed by atoms with Gasteiger partial charge in [0.15, 0.2) is 5.01 Å². The molecule has 1 heterocycles. The van der Waals surface area contributed by atoms with E-state index >= 15 is 0 Å². The Kier molecular flexibility index (Phi) is 4.34. The smallest absolute Gasteiger partial charge is 0.318 e. The Bertz CT molecular complexity index is 817. The number of carboxylic acid groups (broad SMARTS) is 1. The van der Waals surface area contributed by atoms with Crippen molar-refractivity contribution in [2.45, 2.75) is 5.92 Å². The van der Waals surface area contributed by atoms with Gasteiger partial charge in [-0.25, -0.2) is 0 Å². The van der Waals surface area contributed by atoms with E-state index in [9.17, 15) is 9.90 Å². The van der Waals surface area contributed by atoms with E-state index in [2.05, 4.69) is 10.2 Å². The number of ether oxygens (including phenoxy) is 1. The van der Waals surface area contributed by atoms with E-state index < -0.39 is 11.9 Å². The summed E-state index contributed by atoms with van der Waals surface area (Å²) in [6.07, 6.45) is 0. The third kappa shape index (κ3) is 3.07. The van der Waals surface area contributed by atoms with Gasteiger partial charge >= 0.3 is 5.97 Å². The maximum absolute atomic E-state index is 11.7. The number of hydrogen-bond donors (Lipinski definition) is 1. The number of para-hydroxylation sites is 1. The van der Waals surface area contributed by atoms with Crippen LogP contribution in [-0.2, 0) is 4.79 Å². The van der Waals surface area contributed by atoms with Gasteiger partial charge in [-0.15, -0.1) is 10.2 Å². The standard InChI is InChI=1S/C17H14N2O3S/c1-22-13-10-6-5-9-12(13)15-18-19-16(23-15)14(17(20)21)11-7-3-2-4-8-11/h2-10,14H,1H3,(H,20,21). The summed E-state index contributed by atoms with van der Waals surface area (Å²) < 4.78 is 5.32. The zero-order chi connectivity index (χ0) is 16.2. The topological polar surface area (TPSA) is 72.3 Å². The lowest BCUT2D eigenvalue weighted by Crippen LogP contribution is -2.12. The van der Waals surface area contributed by atoms with Gasteiger partial charge in [0.1, 0.15) is 16.7 Å². The molecule has 1 unspecified atom stereocenters. The number of carbonyl (C=O) groups is 1. The highest BCUT2D eigenvalue weighted by Crippen LogP contribution is 2.35. The van der Waals surface area contributed by atoms with Crippen LogP contribution in [0, 0.1) is 0 Å². The van der Waals surface area contributed by atoms with Crippen LogP contribution in [0.5, 0.6) is 5.75 Å². The summed E-state index contributed by atoms with van der Waals surface area (Å²) >= 11 is 1.26. The molecule has 2 aromatic carbocycles. The van der Waals surface area contributed by atoms with E-state index in [1.54, 1.807) is 19.2 Å². The predicted octanol–water partition coefficient (Wildman–Crippen LogP) is 3.43. The summed E-state index contributed by atoms with van der Waals surface area (Å²) in [7, 11) is 1.59. The number of methoxy groups -OCH3 is 1. The third-order valence-corrected chi connectivity index (χ3v) is 4.43. The Balaban J connectivity index is 2.02. The summed E-state index contributed by atoms with van der Waals surface area (Å²) in [4.78, 5) is 11.7. The molecule has 5 nitrogen and oxygen atoms in total. The highest BCUT2D eigenvalue weighted by atomic mass is 32.1. The number of benzene rings is 2. The zero-order valence-corrected chi connectivity index (χ0v) is 13.2. The molecule has 0 spiro atoms. The molecule has 1 atom stereocenters.